The Hall–Kier alpha value is -3.57. The van der Waals surface area contributed by atoms with Crippen LogP contribution >= 0.6 is 0 Å². The molecule has 1 aliphatic heterocycles. The van der Waals surface area contributed by atoms with Gasteiger partial charge in [-0.2, -0.15) is 8.78 Å². The quantitative estimate of drug-likeness (QED) is 0.471. The van der Waals surface area contributed by atoms with Gasteiger partial charge in [0.15, 0.2) is 0 Å². The van der Waals surface area contributed by atoms with Gasteiger partial charge < -0.3 is 9.25 Å². The second-order valence-electron chi connectivity index (χ2n) is 7.73. The molecule has 0 amide bonds. The maximum atomic E-state index is 12.6. The summed E-state index contributed by atoms with van der Waals surface area (Å²) in [5.74, 6) is -0.269. The van der Waals surface area contributed by atoms with Crippen LogP contribution in [0.2, 0.25) is 0 Å². The Bertz CT molecular complexity index is 1200. The topological polar surface area (TPSA) is 104 Å². The highest BCUT2D eigenvalue weighted by Crippen LogP contribution is 2.28. The Labute approximate surface area is 187 Å². The van der Waals surface area contributed by atoms with E-state index in [1.807, 2.05) is 18.3 Å². The zero-order valence-corrected chi connectivity index (χ0v) is 17.6. The largest absolute Gasteiger partial charge is 0.415 e. The number of benzene rings is 1. The van der Waals surface area contributed by atoms with Crippen LogP contribution in [0.3, 0.4) is 0 Å². The fourth-order valence-electron chi connectivity index (χ4n) is 3.77. The molecule has 0 spiro atoms. The Morgan fingerprint density at radius 3 is 2.85 bits per heavy atom. The molecule has 4 aromatic rings. The number of nitrogens with one attached hydrogen (secondary N) is 1. The van der Waals surface area contributed by atoms with Crippen LogP contribution in [0, 0.1) is 0 Å². The number of aromatic nitrogens is 6. The van der Waals surface area contributed by atoms with Crippen molar-refractivity contribution in [3.63, 3.8) is 0 Å². The molecule has 33 heavy (non-hydrogen) atoms. The van der Waals surface area contributed by atoms with E-state index in [1.54, 1.807) is 16.8 Å². The average Bonchev–Trinajstić information content (AvgIpc) is 3.43. The summed E-state index contributed by atoms with van der Waals surface area (Å²) in [6.45, 7) is 1.93. The van der Waals surface area contributed by atoms with Gasteiger partial charge in [0.2, 0.25) is 5.89 Å². The Morgan fingerprint density at radius 1 is 1.09 bits per heavy atom. The van der Waals surface area contributed by atoms with Crippen molar-refractivity contribution in [2.45, 2.75) is 31.7 Å². The van der Waals surface area contributed by atoms with E-state index in [1.165, 1.54) is 11.8 Å². The van der Waals surface area contributed by atoms with Gasteiger partial charge in [0.25, 0.3) is 5.89 Å². The standard InChI is InChI=1S/C22H21F2N7O2/c23-20(24)22-29-28-21(33-22)17-4-5-18(25-11-17)12-31-13-19(27-30-31)16-3-1-2-15(10-16)14-6-8-26-32-9-7-14/h1-5,10-11,13-14,20,26H,6-9,12H2. The second kappa shape index (κ2) is 9.51. The van der Waals surface area contributed by atoms with Crippen molar-refractivity contribution in [3.05, 3.63) is 65.9 Å². The number of nitrogens with zero attached hydrogens (tertiary/aromatic N) is 6. The lowest BCUT2D eigenvalue weighted by Crippen LogP contribution is -2.12. The van der Waals surface area contributed by atoms with Crippen LogP contribution < -0.4 is 5.48 Å². The SMILES string of the molecule is FC(F)c1nnc(-c2ccc(Cn3cc(-c4cccc(C5CCNOCC5)c4)nn3)nc2)o1. The summed E-state index contributed by atoms with van der Waals surface area (Å²) in [6.07, 6.45) is 2.56. The highest BCUT2D eigenvalue weighted by molar-refractivity contribution is 5.59. The molecule has 5 rings (SSSR count). The van der Waals surface area contributed by atoms with Gasteiger partial charge in [-0.3, -0.25) is 4.98 Å². The lowest BCUT2D eigenvalue weighted by molar-refractivity contribution is 0.0521. The number of rotatable bonds is 6. The zero-order valence-electron chi connectivity index (χ0n) is 17.6. The van der Waals surface area contributed by atoms with Crippen molar-refractivity contribution in [1.82, 2.24) is 35.7 Å². The third-order valence-corrected chi connectivity index (χ3v) is 5.48. The molecular weight excluding hydrogens is 432 g/mol. The molecular formula is C22H21F2N7O2. The molecule has 1 fully saturated rings. The summed E-state index contributed by atoms with van der Waals surface area (Å²) >= 11 is 0. The summed E-state index contributed by atoms with van der Waals surface area (Å²) in [5, 5.41) is 15.5. The smallest absolute Gasteiger partial charge is 0.314 e. The first-order valence-electron chi connectivity index (χ1n) is 10.6. The highest BCUT2D eigenvalue weighted by Gasteiger charge is 2.18. The molecule has 0 aliphatic carbocycles. The first kappa shape index (κ1) is 21.3. The number of hydrogen-bond donors (Lipinski definition) is 1. The summed E-state index contributed by atoms with van der Waals surface area (Å²) in [6, 6.07) is 11.8. The molecule has 1 N–H and O–H groups in total. The van der Waals surface area contributed by atoms with Crippen LogP contribution in [0.1, 0.15) is 42.3 Å². The summed E-state index contributed by atoms with van der Waals surface area (Å²) < 4.78 is 31.9. The van der Waals surface area contributed by atoms with Gasteiger partial charge >= 0.3 is 6.43 Å². The second-order valence-corrected chi connectivity index (χ2v) is 7.73. The predicted octanol–water partition coefficient (Wildman–Crippen LogP) is 3.77. The van der Waals surface area contributed by atoms with Crippen molar-refractivity contribution >= 4 is 0 Å². The third kappa shape index (κ3) is 4.94. The predicted molar refractivity (Wildman–Crippen MR) is 113 cm³/mol. The summed E-state index contributed by atoms with van der Waals surface area (Å²) in [5.41, 5.74) is 7.21. The van der Waals surface area contributed by atoms with E-state index in [4.69, 9.17) is 9.25 Å². The van der Waals surface area contributed by atoms with E-state index in [2.05, 4.69) is 43.1 Å². The molecule has 0 bridgehead atoms. The van der Waals surface area contributed by atoms with Crippen molar-refractivity contribution < 1.29 is 18.0 Å². The van der Waals surface area contributed by atoms with Gasteiger partial charge in [-0.1, -0.05) is 23.4 Å². The van der Waals surface area contributed by atoms with Gasteiger partial charge in [0, 0.05) is 18.3 Å². The molecule has 3 aromatic heterocycles. The maximum absolute atomic E-state index is 12.6. The molecule has 9 nitrogen and oxygen atoms in total. The third-order valence-electron chi connectivity index (χ3n) is 5.48. The molecule has 1 aromatic carbocycles. The van der Waals surface area contributed by atoms with Gasteiger partial charge in [0.1, 0.15) is 5.69 Å². The lowest BCUT2D eigenvalue weighted by atomic mass is 9.91. The van der Waals surface area contributed by atoms with Crippen LogP contribution in [0.15, 0.2) is 53.2 Å². The minimum Gasteiger partial charge on any atom is -0.415 e. The van der Waals surface area contributed by atoms with Crippen LogP contribution in [0.5, 0.6) is 0 Å². The molecule has 170 valence electrons. The van der Waals surface area contributed by atoms with Crippen LogP contribution in [0.4, 0.5) is 8.78 Å². The van der Waals surface area contributed by atoms with Gasteiger partial charge in [-0.25, -0.2) is 10.2 Å². The Morgan fingerprint density at radius 2 is 2.03 bits per heavy atom. The minimum atomic E-state index is -2.81. The van der Waals surface area contributed by atoms with Gasteiger partial charge in [0.05, 0.1) is 30.6 Å². The Balaban J connectivity index is 1.28. The number of hydrogen-bond acceptors (Lipinski definition) is 8. The zero-order chi connectivity index (χ0) is 22.6. The molecule has 1 aliphatic rings. The van der Waals surface area contributed by atoms with E-state index < -0.39 is 12.3 Å². The molecule has 1 saturated heterocycles. The number of alkyl halides is 2. The molecule has 1 unspecified atom stereocenters. The summed E-state index contributed by atoms with van der Waals surface area (Å²) in [7, 11) is 0. The fourth-order valence-corrected chi connectivity index (χ4v) is 3.77. The van der Waals surface area contributed by atoms with E-state index in [-0.39, 0.29) is 5.89 Å². The van der Waals surface area contributed by atoms with Gasteiger partial charge in [-0.05, 0) is 42.5 Å². The van der Waals surface area contributed by atoms with Crippen molar-refractivity contribution in [1.29, 1.82) is 0 Å². The number of pyridine rings is 1. The Kier molecular flexibility index (Phi) is 6.13. The molecule has 11 heteroatoms. The van der Waals surface area contributed by atoms with Crippen LogP contribution in [0.25, 0.3) is 22.7 Å². The van der Waals surface area contributed by atoms with Crippen LogP contribution in [-0.2, 0) is 11.4 Å². The van der Waals surface area contributed by atoms with Crippen LogP contribution in [-0.4, -0.2) is 43.3 Å². The van der Waals surface area contributed by atoms with Crippen molar-refractivity contribution in [2.75, 3.05) is 13.2 Å². The first-order valence-corrected chi connectivity index (χ1v) is 10.6. The normalized spacial score (nSPS) is 16.8. The average molecular weight is 453 g/mol. The monoisotopic (exact) mass is 453 g/mol. The molecule has 0 saturated carbocycles. The van der Waals surface area contributed by atoms with Crippen molar-refractivity contribution in [3.8, 4) is 22.7 Å². The highest BCUT2D eigenvalue weighted by atomic mass is 19.3. The lowest BCUT2D eigenvalue weighted by Gasteiger charge is -2.14. The fraction of sp³-hybridized carbons (Fsp3) is 0.318. The number of hydroxylamine groups is 1. The molecule has 0 radical (unpaired) electrons. The minimum absolute atomic E-state index is 0.00304. The van der Waals surface area contributed by atoms with E-state index in [0.29, 0.717) is 24.6 Å². The van der Waals surface area contributed by atoms with E-state index >= 15 is 0 Å². The molecule has 4 heterocycles. The van der Waals surface area contributed by atoms with Gasteiger partial charge in [-0.15, -0.1) is 15.3 Å². The first-order chi connectivity index (χ1) is 16.2. The molecule has 1 atom stereocenters. The van der Waals surface area contributed by atoms with Crippen molar-refractivity contribution in [2.24, 2.45) is 0 Å². The number of halogens is 2. The van der Waals surface area contributed by atoms with E-state index in [0.717, 1.165) is 36.3 Å². The maximum Gasteiger partial charge on any atom is 0.314 e. The van der Waals surface area contributed by atoms with E-state index in [9.17, 15) is 8.78 Å². The summed E-state index contributed by atoms with van der Waals surface area (Å²) in [4.78, 5) is 9.69.